The summed E-state index contributed by atoms with van der Waals surface area (Å²) < 4.78 is 5.22. The van der Waals surface area contributed by atoms with Crippen LogP contribution < -0.4 is 5.32 Å². The molecule has 2 saturated heterocycles. The number of rotatable bonds is 4. The van der Waals surface area contributed by atoms with Crippen molar-refractivity contribution in [3.63, 3.8) is 0 Å². The average molecular weight is 222 g/mol. The fourth-order valence-electron chi connectivity index (χ4n) is 2.79. The van der Waals surface area contributed by atoms with Gasteiger partial charge >= 0.3 is 0 Å². The van der Waals surface area contributed by atoms with Crippen LogP contribution in [0, 0.1) is 17.4 Å². The SMILES string of the molecule is C/C(=C/NC1C2CN(C3COC3)CC21)N=N. The van der Waals surface area contributed by atoms with Gasteiger partial charge in [0.15, 0.2) is 0 Å². The molecule has 0 aromatic carbocycles. The zero-order valence-corrected chi connectivity index (χ0v) is 9.52. The van der Waals surface area contributed by atoms with E-state index in [1.54, 1.807) is 0 Å². The lowest BCUT2D eigenvalue weighted by atomic mass is 10.2. The molecule has 1 saturated carbocycles. The molecule has 5 nitrogen and oxygen atoms in total. The summed E-state index contributed by atoms with van der Waals surface area (Å²) in [5, 5.41) is 6.74. The first-order valence-electron chi connectivity index (χ1n) is 5.91. The predicted octanol–water partition coefficient (Wildman–Crippen LogP) is 0.797. The number of hydrogen-bond acceptors (Lipinski definition) is 5. The molecule has 16 heavy (non-hydrogen) atoms. The quantitative estimate of drug-likeness (QED) is 0.692. The first-order chi connectivity index (χ1) is 7.79. The first-order valence-corrected chi connectivity index (χ1v) is 5.91. The monoisotopic (exact) mass is 222 g/mol. The van der Waals surface area contributed by atoms with E-state index in [1.807, 2.05) is 13.1 Å². The Bertz CT molecular complexity index is 314. The zero-order valence-electron chi connectivity index (χ0n) is 9.52. The molecule has 3 rings (SSSR count). The highest BCUT2D eigenvalue weighted by molar-refractivity contribution is 5.13. The summed E-state index contributed by atoms with van der Waals surface area (Å²) in [6, 6.07) is 1.31. The lowest BCUT2D eigenvalue weighted by Gasteiger charge is -2.35. The molecule has 2 atom stereocenters. The van der Waals surface area contributed by atoms with E-state index >= 15 is 0 Å². The molecule has 2 heterocycles. The van der Waals surface area contributed by atoms with Crippen molar-refractivity contribution >= 4 is 0 Å². The van der Waals surface area contributed by atoms with Gasteiger partial charge < -0.3 is 10.1 Å². The van der Waals surface area contributed by atoms with Gasteiger partial charge in [-0.05, 0) is 18.8 Å². The van der Waals surface area contributed by atoms with E-state index in [-0.39, 0.29) is 0 Å². The second kappa shape index (κ2) is 3.82. The summed E-state index contributed by atoms with van der Waals surface area (Å²) in [5.41, 5.74) is 7.59. The fraction of sp³-hybridized carbons (Fsp3) is 0.818. The smallest absolute Gasteiger partial charge is 0.0748 e. The average Bonchev–Trinajstić information content (AvgIpc) is 2.67. The van der Waals surface area contributed by atoms with Crippen molar-refractivity contribution in [3.05, 3.63) is 11.9 Å². The van der Waals surface area contributed by atoms with Crippen molar-refractivity contribution in [2.75, 3.05) is 26.3 Å². The number of hydrogen-bond donors (Lipinski definition) is 2. The van der Waals surface area contributed by atoms with Gasteiger partial charge in [0.25, 0.3) is 0 Å². The molecule has 0 radical (unpaired) electrons. The van der Waals surface area contributed by atoms with E-state index in [1.165, 1.54) is 13.1 Å². The van der Waals surface area contributed by atoms with Crippen LogP contribution in [0.25, 0.3) is 0 Å². The Morgan fingerprint density at radius 2 is 2.12 bits per heavy atom. The van der Waals surface area contributed by atoms with Gasteiger partial charge in [-0.1, -0.05) is 0 Å². The molecule has 0 bridgehead atoms. The Morgan fingerprint density at radius 1 is 1.44 bits per heavy atom. The van der Waals surface area contributed by atoms with E-state index < -0.39 is 0 Å². The highest BCUT2D eigenvalue weighted by Crippen LogP contribution is 2.46. The van der Waals surface area contributed by atoms with Gasteiger partial charge in [0.2, 0.25) is 0 Å². The van der Waals surface area contributed by atoms with Gasteiger partial charge in [0.1, 0.15) is 0 Å². The third-order valence-corrected chi connectivity index (χ3v) is 4.02. The number of nitrogens with zero attached hydrogens (tertiary/aromatic N) is 2. The van der Waals surface area contributed by atoms with Crippen molar-refractivity contribution in [1.29, 1.82) is 5.53 Å². The van der Waals surface area contributed by atoms with Crippen molar-refractivity contribution in [2.45, 2.75) is 19.0 Å². The maximum absolute atomic E-state index is 6.85. The summed E-state index contributed by atoms with van der Waals surface area (Å²) in [6.45, 7) is 6.11. The molecule has 2 aliphatic heterocycles. The van der Waals surface area contributed by atoms with Gasteiger partial charge in [-0.15, -0.1) is 0 Å². The highest BCUT2D eigenvalue weighted by Gasteiger charge is 2.56. The Morgan fingerprint density at radius 3 is 2.62 bits per heavy atom. The van der Waals surface area contributed by atoms with Gasteiger partial charge in [0, 0.05) is 25.3 Å². The van der Waals surface area contributed by atoms with Crippen molar-refractivity contribution in [2.24, 2.45) is 17.0 Å². The molecule has 3 fully saturated rings. The Hall–Kier alpha value is -0.940. The summed E-state index contributed by atoms with van der Waals surface area (Å²) in [4.78, 5) is 2.56. The van der Waals surface area contributed by atoms with Gasteiger partial charge in [0.05, 0.1) is 25.0 Å². The van der Waals surface area contributed by atoms with Gasteiger partial charge in [-0.25, -0.2) is 5.53 Å². The van der Waals surface area contributed by atoms with Crippen molar-refractivity contribution in [3.8, 4) is 0 Å². The molecule has 2 N–H and O–H groups in total. The molecular weight excluding hydrogens is 204 g/mol. The van der Waals surface area contributed by atoms with Gasteiger partial charge in [-0.2, -0.15) is 5.11 Å². The first kappa shape index (κ1) is 10.2. The molecule has 0 aromatic heterocycles. The second-order valence-electron chi connectivity index (χ2n) is 5.06. The minimum atomic E-state index is 0.619. The van der Waals surface area contributed by atoms with E-state index in [0.717, 1.165) is 30.7 Å². The van der Waals surface area contributed by atoms with Crippen LogP contribution in [0.4, 0.5) is 0 Å². The molecule has 0 amide bonds. The number of fused-ring (bicyclic) bond motifs is 1. The summed E-state index contributed by atoms with van der Waals surface area (Å²) in [6.07, 6.45) is 1.87. The topological polar surface area (TPSA) is 60.7 Å². The van der Waals surface area contributed by atoms with E-state index in [4.69, 9.17) is 10.3 Å². The molecule has 2 unspecified atom stereocenters. The minimum Gasteiger partial charge on any atom is -0.386 e. The summed E-state index contributed by atoms with van der Waals surface area (Å²) in [5.74, 6) is 1.60. The maximum Gasteiger partial charge on any atom is 0.0748 e. The van der Waals surface area contributed by atoms with Gasteiger partial charge in [-0.3, -0.25) is 4.90 Å². The Kier molecular flexibility index (Phi) is 2.44. The zero-order chi connectivity index (χ0) is 11.1. The molecule has 1 aliphatic carbocycles. The Labute approximate surface area is 95.3 Å². The molecule has 5 heteroatoms. The van der Waals surface area contributed by atoms with E-state index in [2.05, 4.69) is 15.3 Å². The highest BCUT2D eigenvalue weighted by atomic mass is 16.5. The third kappa shape index (κ3) is 1.64. The fourth-order valence-corrected chi connectivity index (χ4v) is 2.79. The second-order valence-corrected chi connectivity index (χ2v) is 5.06. The lowest BCUT2D eigenvalue weighted by Crippen LogP contribution is -2.49. The van der Waals surface area contributed by atoms with Crippen LogP contribution in [0.5, 0.6) is 0 Å². The number of likely N-dealkylation sites (tertiary alicyclic amines) is 1. The number of allylic oxidation sites excluding steroid dienone is 1. The number of nitrogens with one attached hydrogen (secondary N) is 2. The summed E-state index contributed by atoms with van der Waals surface area (Å²) >= 11 is 0. The van der Waals surface area contributed by atoms with Crippen LogP contribution >= 0.6 is 0 Å². The van der Waals surface area contributed by atoms with Crippen LogP contribution in [0.15, 0.2) is 17.0 Å². The molecule has 0 aromatic rings. The maximum atomic E-state index is 6.85. The Balaban J connectivity index is 1.46. The molecule has 0 spiro atoms. The van der Waals surface area contributed by atoms with Crippen LogP contribution in [0.3, 0.4) is 0 Å². The minimum absolute atomic E-state index is 0.619. The van der Waals surface area contributed by atoms with E-state index in [9.17, 15) is 0 Å². The third-order valence-electron chi connectivity index (χ3n) is 4.02. The summed E-state index contributed by atoms with van der Waals surface area (Å²) in [7, 11) is 0. The van der Waals surface area contributed by atoms with Crippen LogP contribution in [-0.4, -0.2) is 43.3 Å². The molecular formula is C11H18N4O. The predicted molar refractivity (Wildman–Crippen MR) is 59.0 cm³/mol. The van der Waals surface area contributed by atoms with Crippen LogP contribution in [-0.2, 0) is 4.74 Å². The number of piperidine rings is 1. The lowest BCUT2D eigenvalue weighted by molar-refractivity contribution is -0.0611. The molecule has 3 aliphatic rings. The van der Waals surface area contributed by atoms with E-state index in [0.29, 0.717) is 12.1 Å². The number of ether oxygens (including phenoxy) is 1. The molecule has 88 valence electrons. The largest absolute Gasteiger partial charge is 0.386 e. The normalized spacial score (nSPS) is 39.1. The van der Waals surface area contributed by atoms with Crippen molar-refractivity contribution < 1.29 is 4.74 Å². The van der Waals surface area contributed by atoms with Crippen LogP contribution in [0.2, 0.25) is 0 Å². The van der Waals surface area contributed by atoms with Crippen LogP contribution in [0.1, 0.15) is 6.92 Å². The standard InChI is InChI=1S/C11H18N4O/c1-7(14-12)2-13-11-9-3-15(4-10(9)11)8-5-16-6-8/h2,8-13H,3-6H2,1H3/b7-2-,14-12?. The van der Waals surface area contributed by atoms with Crippen molar-refractivity contribution in [1.82, 2.24) is 10.2 Å².